The zero-order valence-corrected chi connectivity index (χ0v) is 15.6. The summed E-state index contributed by atoms with van der Waals surface area (Å²) in [4.78, 5) is 2.48. The second kappa shape index (κ2) is 8.39. The average Bonchev–Trinajstić information content (AvgIpc) is 3.04. The van der Waals surface area contributed by atoms with E-state index in [-0.39, 0.29) is 18.1 Å². The highest BCUT2D eigenvalue weighted by Crippen LogP contribution is 2.33. The number of aliphatic hydroxyl groups excluding tert-OH is 1. The second-order valence-electron chi connectivity index (χ2n) is 7.42. The van der Waals surface area contributed by atoms with E-state index >= 15 is 0 Å². The number of hydrogen-bond donors (Lipinski definition) is 1. The monoisotopic (exact) mass is 349 g/mol. The minimum atomic E-state index is -0.249. The van der Waals surface area contributed by atoms with Gasteiger partial charge in [0.2, 0.25) is 0 Å². The van der Waals surface area contributed by atoms with Gasteiger partial charge in [-0.2, -0.15) is 0 Å². The fourth-order valence-corrected chi connectivity index (χ4v) is 4.02. The average molecular weight is 349 g/mol. The smallest absolute Gasteiger partial charge is 0.127 e. The van der Waals surface area contributed by atoms with Crippen LogP contribution in [-0.4, -0.2) is 55.1 Å². The highest BCUT2D eigenvalue weighted by atomic mass is 16.5. The molecule has 2 aliphatic heterocycles. The first-order valence-corrected chi connectivity index (χ1v) is 9.42. The molecule has 5 heteroatoms. The molecule has 2 fully saturated rings. The quantitative estimate of drug-likeness (QED) is 0.856. The second-order valence-corrected chi connectivity index (χ2v) is 7.42. The van der Waals surface area contributed by atoms with Gasteiger partial charge in [-0.05, 0) is 45.7 Å². The molecule has 5 nitrogen and oxygen atoms in total. The van der Waals surface area contributed by atoms with E-state index in [0.717, 1.165) is 37.4 Å². The molecular weight excluding hydrogens is 318 g/mol. The molecule has 1 aromatic rings. The number of nitrogens with zero attached hydrogens (tertiary/aromatic N) is 1. The maximum absolute atomic E-state index is 10.4. The van der Waals surface area contributed by atoms with E-state index in [9.17, 15) is 5.11 Å². The molecule has 2 aliphatic rings. The molecule has 2 heterocycles. The van der Waals surface area contributed by atoms with Crippen molar-refractivity contribution < 1.29 is 19.3 Å². The van der Waals surface area contributed by atoms with E-state index in [1.807, 2.05) is 26.0 Å². The fraction of sp³-hybridized carbons (Fsp3) is 0.700. The summed E-state index contributed by atoms with van der Waals surface area (Å²) < 4.78 is 17.0. The standard InChI is InChI=1S/C20H31NO4/c1-14(2)25-20-11-16(23-3)7-6-15(20)12-21-9-4-5-18(21)17-13-24-10-8-19(17)22/h6-7,11,14,17-19,22H,4-5,8-10,12-13H2,1-3H3. The van der Waals surface area contributed by atoms with Gasteiger partial charge in [-0.15, -0.1) is 0 Å². The lowest BCUT2D eigenvalue weighted by atomic mass is 9.89. The van der Waals surface area contributed by atoms with Gasteiger partial charge in [0.1, 0.15) is 11.5 Å². The third-order valence-electron chi connectivity index (χ3n) is 5.28. The SMILES string of the molecule is COc1ccc(CN2CCCC2C2COCCC2O)c(OC(C)C)c1. The zero-order chi connectivity index (χ0) is 17.8. The van der Waals surface area contributed by atoms with Crippen LogP contribution in [0.1, 0.15) is 38.7 Å². The highest BCUT2D eigenvalue weighted by molar-refractivity contribution is 5.41. The molecule has 0 amide bonds. The number of hydrogen-bond acceptors (Lipinski definition) is 5. The molecule has 0 radical (unpaired) electrons. The summed E-state index contributed by atoms with van der Waals surface area (Å²) in [5.74, 6) is 1.91. The Labute approximate surface area is 150 Å². The van der Waals surface area contributed by atoms with Crippen molar-refractivity contribution in [3.05, 3.63) is 23.8 Å². The molecule has 0 saturated carbocycles. The van der Waals surface area contributed by atoms with Crippen molar-refractivity contribution in [3.8, 4) is 11.5 Å². The molecule has 140 valence electrons. The van der Waals surface area contributed by atoms with Crippen LogP contribution < -0.4 is 9.47 Å². The van der Waals surface area contributed by atoms with Crippen LogP contribution in [-0.2, 0) is 11.3 Å². The van der Waals surface area contributed by atoms with Crippen LogP contribution >= 0.6 is 0 Å². The Morgan fingerprint density at radius 1 is 1.32 bits per heavy atom. The van der Waals surface area contributed by atoms with Gasteiger partial charge in [0.05, 0.1) is 25.9 Å². The lowest BCUT2D eigenvalue weighted by Crippen LogP contribution is -2.45. The van der Waals surface area contributed by atoms with E-state index in [1.54, 1.807) is 7.11 Å². The summed E-state index contributed by atoms with van der Waals surface area (Å²) in [6, 6.07) is 6.44. The van der Waals surface area contributed by atoms with Crippen molar-refractivity contribution in [2.45, 2.75) is 57.9 Å². The Morgan fingerprint density at radius 3 is 2.88 bits per heavy atom. The normalized spacial score (nSPS) is 27.6. The number of rotatable bonds is 6. The molecule has 0 aromatic heterocycles. The molecule has 0 spiro atoms. The first-order valence-electron chi connectivity index (χ1n) is 9.42. The van der Waals surface area contributed by atoms with Gasteiger partial charge < -0.3 is 19.3 Å². The van der Waals surface area contributed by atoms with Gasteiger partial charge in [0.25, 0.3) is 0 Å². The first kappa shape index (κ1) is 18.5. The van der Waals surface area contributed by atoms with Crippen LogP contribution in [0.3, 0.4) is 0 Å². The summed E-state index contributed by atoms with van der Waals surface area (Å²) in [6.07, 6.45) is 2.92. The largest absolute Gasteiger partial charge is 0.497 e. The third-order valence-corrected chi connectivity index (χ3v) is 5.28. The third kappa shape index (κ3) is 4.46. The van der Waals surface area contributed by atoms with Crippen molar-refractivity contribution in [2.75, 3.05) is 26.9 Å². The Kier molecular flexibility index (Phi) is 6.20. The number of methoxy groups -OCH3 is 1. The molecule has 3 rings (SSSR count). The van der Waals surface area contributed by atoms with Crippen molar-refractivity contribution in [2.24, 2.45) is 5.92 Å². The van der Waals surface area contributed by atoms with Crippen LogP contribution in [0.5, 0.6) is 11.5 Å². The van der Waals surface area contributed by atoms with Gasteiger partial charge >= 0.3 is 0 Å². The van der Waals surface area contributed by atoms with E-state index in [4.69, 9.17) is 14.2 Å². The van der Waals surface area contributed by atoms with E-state index in [1.165, 1.54) is 12.0 Å². The van der Waals surface area contributed by atoms with Gasteiger partial charge in [-0.3, -0.25) is 4.90 Å². The number of benzene rings is 1. The molecule has 1 N–H and O–H groups in total. The number of likely N-dealkylation sites (tertiary alicyclic amines) is 1. The van der Waals surface area contributed by atoms with E-state index in [2.05, 4.69) is 11.0 Å². The van der Waals surface area contributed by atoms with Gasteiger partial charge in [0, 0.05) is 36.7 Å². The summed E-state index contributed by atoms with van der Waals surface area (Å²) in [7, 11) is 1.68. The number of ether oxygens (including phenoxy) is 3. The fourth-order valence-electron chi connectivity index (χ4n) is 4.02. The Hall–Kier alpha value is -1.30. The van der Waals surface area contributed by atoms with Gasteiger partial charge in [0.15, 0.2) is 0 Å². The first-order chi connectivity index (χ1) is 12.1. The minimum absolute atomic E-state index is 0.119. The number of aliphatic hydroxyl groups is 1. The maximum atomic E-state index is 10.4. The van der Waals surface area contributed by atoms with Gasteiger partial charge in [-0.1, -0.05) is 6.07 Å². The molecule has 3 atom stereocenters. The minimum Gasteiger partial charge on any atom is -0.497 e. The van der Waals surface area contributed by atoms with Gasteiger partial charge in [-0.25, -0.2) is 0 Å². The van der Waals surface area contributed by atoms with Crippen molar-refractivity contribution >= 4 is 0 Å². The van der Waals surface area contributed by atoms with Crippen LogP contribution in [0.15, 0.2) is 18.2 Å². The van der Waals surface area contributed by atoms with Crippen LogP contribution in [0.2, 0.25) is 0 Å². The molecule has 1 aromatic carbocycles. The maximum Gasteiger partial charge on any atom is 0.127 e. The summed E-state index contributed by atoms with van der Waals surface area (Å²) >= 11 is 0. The van der Waals surface area contributed by atoms with Crippen LogP contribution in [0.25, 0.3) is 0 Å². The predicted molar refractivity (Wildman–Crippen MR) is 97.1 cm³/mol. The molecule has 2 saturated heterocycles. The molecule has 3 unspecified atom stereocenters. The van der Waals surface area contributed by atoms with Crippen molar-refractivity contribution in [1.29, 1.82) is 0 Å². The summed E-state index contributed by atoms with van der Waals surface area (Å²) in [6.45, 7) is 7.31. The van der Waals surface area contributed by atoms with Crippen LogP contribution in [0.4, 0.5) is 0 Å². The lowest BCUT2D eigenvalue weighted by Gasteiger charge is -2.37. The predicted octanol–water partition coefficient (Wildman–Crippen LogP) is 2.84. The Bertz CT molecular complexity index is 563. The summed E-state index contributed by atoms with van der Waals surface area (Å²) in [5.41, 5.74) is 1.17. The van der Waals surface area contributed by atoms with E-state index < -0.39 is 0 Å². The zero-order valence-electron chi connectivity index (χ0n) is 15.6. The Morgan fingerprint density at radius 2 is 2.16 bits per heavy atom. The van der Waals surface area contributed by atoms with Crippen molar-refractivity contribution in [1.82, 2.24) is 4.90 Å². The molecule has 0 bridgehead atoms. The molecule has 0 aliphatic carbocycles. The lowest BCUT2D eigenvalue weighted by molar-refractivity contribution is -0.0636. The molecular formula is C20H31NO4. The highest BCUT2D eigenvalue weighted by Gasteiger charge is 2.37. The van der Waals surface area contributed by atoms with Crippen LogP contribution in [0, 0.1) is 5.92 Å². The Balaban J connectivity index is 1.76. The van der Waals surface area contributed by atoms with E-state index in [0.29, 0.717) is 19.3 Å². The summed E-state index contributed by atoms with van der Waals surface area (Å²) in [5, 5.41) is 10.4. The van der Waals surface area contributed by atoms with Crippen molar-refractivity contribution in [3.63, 3.8) is 0 Å². The molecule has 25 heavy (non-hydrogen) atoms. The topological polar surface area (TPSA) is 51.2 Å².